The number of rotatable bonds is 5. The fourth-order valence-electron chi connectivity index (χ4n) is 2.22. The molecule has 0 fully saturated rings. The average Bonchev–Trinajstić information content (AvgIpc) is 2.55. The van der Waals surface area contributed by atoms with E-state index in [-0.39, 0.29) is 12.2 Å². The molecule has 0 saturated carbocycles. The number of hydrogen-bond donors (Lipinski definition) is 1. The van der Waals surface area contributed by atoms with Crippen molar-refractivity contribution in [1.29, 1.82) is 0 Å². The molecule has 2 aromatic rings. The molecule has 1 atom stereocenters. The van der Waals surface area contributed by atoms with E-state index in [4.69, 9.17) is 0 Å². The number of para-hydroxylation sites is 1. The van der Waals surface area contributed by atoms with E-state index in [1.54, 1.807) is 24.9 Å². The normalized spacial score (nSPS) is 12.9. The summed E-state index contributed by atoms with van der Waals surface area (Å²) in [7, 11) is 1.67. The highest BCUT2D eigenvalue weighted by Gasteiger charge is 2.30. The van der Waals surface area contributed by atoms with Crippen molar-refractivity contribution in [3.05, 3.63) is 65.5 Å². The van der Waals surface area contributed by atoms with E-state index in [0.29, 0.717) is 5.56 Å². The van der Waals surface area contributed by atoms with Crippen LogP contribution in [-0.2, 0) is 17.5 Å². The molecule has 3 nitrogen and oxygen atoms in total. The van der Waals surface area contributed by atoms with Crippen LogP contribution in [0.15, 0.2) is 48.5 Å². The van der Waals surface area contributed by atoms with Gasteiger partial charge in [-0.25, -0.2) is 4.39 Å². The van der Waals surface area contributed by atoms with E-state index in [0.717, 1.165) is 12.1 Å². The number of nitrogens with zero attached hydrogens (tertiary/aromatic N) is 1. The second kappa shape index (κ2) is 7.65. The van der Waals surface area contributed by atoms with Crippen molar-refractivity contribution in [2.75, 3.05) is 12.4 Å². The third kappa shape index (κ3) is 5.03. The fourth-order valence-corrected chi connectivity index (χ4v) is 2.22. The summed E-state index contributed by atoms with van der Waals surface area (Å²) in [4.78, 5) is 13.9. The monoisotopic (exact) mass is 354 g/mol. The maximum absolute atomic E-state index is 13.6. The van der Waals surface area contributed by atoms with Crippen molar-refractivity contribution >= 4 is 11.6 Å². The van der Waals surface area contributed by atoms with Gasteiger partial charge >= 0.3 is 6.18 Å². The zero-order valence-electron chi connectivity index (χ0n) is 13.8. The largest absolute Gasteiger partial charge is 0.416 e. The number of hydrogen-bond acceptors (Lipinski definition) is 2. The lowest BCUT2D eigenvalue weighted by Gasteiger charge is -2.24. The number of alkyl halides is 3. The highest BCUT2D eigenvalue weighted by Crippen LogP contribution is 2.29. The zero-order chi connectivity index (χ0) is 18.6. The van der Waals surface area contributed by atoms with Crippen LogP contribution in [0.1, 0.15) is 18.1 Å². The van der Waals surface area contributed by atoms with Crippen LogP contribution in [0, 0.1) is 5.82 Å². The molecule has 0 radical (unpaired) electrons. The smallest absolute Gasteiger partial charge is 0.322 e. The van der Waals surface area contributed by atoms with Crippen molar-refractivity contribution in [3.8, 4) is 0 Å². The fraction of sp³-hybridized carbons (Fsp3) is 0.278. The minimum Gasteiger partial charge on any atom is -0.322 e. The quantitative estimate of drug-likeness (QED) is 0.812. The van der Waals surface area contributed by atoms with Crippen LogP contribution < -0.4 is 5.32 Å². The van der Waals surface area contributed by atoms with Gasteiger partial charge < -0.3 is 5.32 Å². The Morgan fingerprint density at radius 3 is 2.28 bits per heavy atom. The van der Waals surface area contributed by atoms with Gasteiger partial charge in [0.25, 0.3) is 0 Å². The standard InChI is InChI=1S/C18H18F4N2O/c1-12(17(25)23-16-6-4-3-5-15(16)19)24(2)11-13-7-9-14(10-8-13)18(20,21)22/h3-10,12H,11H2,1-2H3,(H,23,25). The van der Waals surface area contributed by atoms with E-state index in [9.17, 15) is 22.4 Å². The van der Waals surface area contributed by atoms with Crippen molar-refractivity contribution in [1.82, 2.24) is 4.90 Å². The maximum atomic E-state index is 13.6. The highest BCUT2D eigenvalue weighted by atomic mass is 19.4. The Morgan fingerprint density at radius 1 is 1.12 bits per heavy atom. The summed E-state index contributed by atoms with van der Waals surface area (Å²) in [6.45, 7) is 1.92. The molecule has 25 heavy (non-hydrogen) atoms. The van der Waals surface area contributed by atoms with Crippen LogP contribution in [0.4, 0.5) is 23.2 Å². The molecule has 0 spiro atoms. The van der Waals surface area contributed by atoms with E-state index in [1.807, 2.05) is 0 Å². The van der Waals surface area contributed by atoms with Gasteiger partial charge in [-0.3, -0.25) is 9.69 Å². The Balaban J connectivity index is 1.98. The zero-order valence-corrected chi connectivity index (χ0v) is 13.8. The Labute approximate surface area is 143 Å². The number of halogens is 4. The highest BCUT2D eigenvalue weighted by molar-refractivity contribution is 5.94. The van der Waals surface area contributed by atoms with Gasteiger partial charge in [-0.1, -0.05) is 24.3 Å². The Hall–Kier alpha value is -2.41. The van der Waals surface area contributed by atoms with Crippen molar-refractivity contribution in [3.63, 3.8) is 0 Å². The molecule has 0 aliphatic carbocycles. The van der Waals surface area contributed by atoms with Crippen LogP contribution in [0.2, 0.25) is 0 Å². The molecule has 0 aliphatic rings. The lowest BCUT2D eigenvalue weighted by molar-refractivity contribution is -0.137. The molecule has 0 heterocycles. The number of carbonyl (C=O) groups is 1. The first-order chi connectivity index (χ1) is 11.7. The lowest BCUT2D eigenvalue weighted by atomic mass is 10.1. The molecule has 134 valence electrons. The average molecular weight is 354 g/mol. The summed E-state index contributed by atoms with van der Waals surface area (Å²) in [6, 6.07) is 9.99. The van der Waals surface area contributed by atoms with E-state index >= 15 is 0 Å². The number of amides is 1. The van der Waals surface area contributed by atoms with Gasteiger partial charge in [0.05, 0.1) is 17.3 Å². The van der Waals surface area contributed by atoms with Crippen LogP contribution in [0.5, 0.6) is 0 Å². The Kier molecular flexibility index (Phi) is 5.79. The summed E-state index contributed by atoms with van der Waals surface area (Å²) in [5.41, 5.74) is 0.00701. The lowest BCUT2D eigenvalue weighted by Crippen LogP contribution is -2.39. The number of benzene rings is 2. The van der Waals surface area contributed by atoms with Gasteiger partial charge in [0.1, 0.15) is 5.82 Å². The molecule has 0 saturated heterocycles. The summed E-state index contributed by atoms with van der Waals surface area (Å²) < 4.78 is 51.3. The molecule has 2 aromatic carbocycles. The van der Waals surface area contributed by atoms with Gasteiger partial charge in [0.15, 0.2) is 0 Å². The van der Waals surface area contributed by atoms with E-state index < -0.39 is 29.5 Å². The van der Waals surface area contributed by atoms with E-state index in [1.165, 1.54) is 30.3 Å². The summed E-state index contributed by atoms with van der Waals surface area (Å²) in [6.07, 6.45) is -4.38. The van der Waals surface area contributed by atoms with Crippen LogP contribution >= 0.6 is 0 Å². The summed E-state index contributed by atoms with van der Waals surface area (Å²) >= 11 is 0. The predicted molar refractivity (Wildman–Crippen MR) is 87.4 cm³/mol. The minimum absolute atomic E-state index is 0.0854. The van der Waals surface area contributed by atoms with Crippen molar-refractivity contribution in [2.45, 2.75) is 25.7 Å². The molecule has 0 aliphatic heterocycles. The number of likely N-dealkylation sites (N-methyl/N-ethyl adjacent to an activating group) is 1. The number of carbonyl (C=O) groups excluding carboxylic acids is 1. The number of nitrogens with one attached hydrogen (secondary N) is 1. The van der Waals surface area contributed by atoms with Gasteiger partial charge in [-0.05, 0) is 43.8 Å². The van der Waals surface area contributed by atoms with Gasteiger partial charge in [-0.2, -0.15) is 13.2 Å². The number of anilines is 1. The van der Waals surface area contributed by atoms with Crippen LogP contribution in [0.25, 0.3) is 0 Å². The molecule has 2 rings (SSSR count). The molecule has 1 N–H and O–H groups in total. The summed E-state index contributed by atoms with van der Waals surface area (Å²) in [5, 5.41) is 2.50. The molecular formula is C18H18F4N2O. The second-order valence-corrected chi connectivity index (χ2v) is 5.75. The maximum Gasteiger partial charge on any atom is 0.416 e. The third-order valence-corrected chi connectivity index (χ3v) is 3.89. The SMILES string of the molecule is CC(C(=O)Nc1ccccc1F)N(C)Cc1ccc(C(F)(F)F)cc1. The van der Waals surface area contributed by atoms with Crippen molar-refractivity contribution in [2.24, 2.45) is 0 Å². The Morgan fingerprint density at radius 2 is 1.72 bits per heavy atom. The molecule has 1 amide bonds. The second-order valence-electron chi connectivity index (χ2n) is 5.75. The molecule has 0 bridgehead atoms. The first-order valence-electron chi connectivity index (χ1n) is 7.60. The van der Waals surface area contributed by atoms with Crippen LogP contribution in [-0.4, -0.2) is 23.9 Å². The first kappa shape index (κ1) is 18.9. The van der Waals surface area contributed by atoms with Gasteiger partial charge in [0, 0.05) is 6.54 Å². The Bertz CT molecular complexity index is 729. The molecule has 1 unspecified atom stereocenters. The topological polar surface area (TPSA) is 32.3 Å². The minimum atomic E-state index is -4.38. The van der Waals surface area contributed by atoms with Gasteiger partial charge in [0.2, 0.25) is 5.91 Å². The van der Waals surface area contributed by atoms with Gasteiger partial charge in [-0.15, -0.1) is 0 Å². The molecular weight excluding hydrogens is 336 g/mol. The predicted octanol–water partition coefficient (Wildman–Crippen LogP) is 4.30. The third-order valence-electron chi connectivity index (χ3n) is 3.89. The summed E-state index contributed by atoms with van der Waals surface area (Å²) in [5.74, 6) is -0.937. The van der Waals surface area contributed by atoms with Crippen LogP contribution in [0.3, 0.4) is 0 Å². The van der Waals surface area contributed by atoms with E-state index in [2.05, 4.69) is 5.32 Å². The van der Waals surface area contributed by atoms with Crippen molar-refractivity contribution < 1.29 is 22.4 Å². The molecule has 7 heteroatoms. The first-order valence-corrected chi connectivity index (χ1v) is 7.60. The molecule has 0 aromatic heterocycles.